The summed E-state index contributed by atoms with van der Waals surface area (Å²) in [6, 6.07) is 0.247. The second-order valence-electron chi connectivity index (χ2n) is 2.98. The third kappa shape index (κ3) is 7.95. The molecule has 0 fully saturated rings. The van der Waals surface area contributed by atoms with E-state index in [1.807, 2.05) is 11.8 Å². The van der Waals surface area contributed by atoms with Gasteiger partial charge in [-0.15, -0.1) is 0 Å². The molecule has 0 radical (unpaired) electrons. The molecule has 0 aliphatic heterocycles. The molecule has 0 bridgehead atoms. The summed E-state index contributed by atoms with van der Waals surface area (Å²) >= 11 is 1.93. The molecule has 0 aromatic carbocycles. The topological polar surface area (TPSA) is 26.0 Å². The highest BCUT2D eigenvalue weighted by molar-refractivity contribution is 7.99. The van der Waals surface area contributed by atoms with Crippen molar-refractivity contribution in [3.05, 3.63) is 11.6 Å². The molecule has 2 N–H and O–H groups in total. The van der Waals surface area contributed by atoms with Gasteiger partial charge in [0.15, 0.2) is 0 Å². The summed E-state index contributed by atoms with van der Waals surface area (Å²) in [7, 11) is 0. The van der Waals surface area contributed by atoms with E-state index in [-0.39, 0.29) is 6.04 Å². The third-order valence-corrected chi connectivity index (χ3v) is 2.52. The minimum atomic E-state index is 0.247. The second-order valence-corrected chi connectivity index (χ2v) is 4.13. The van der Waals surface area contributed by atoms with Crippen LogP contribution in [-0.2, 0) is 0 Å². The number of thioether (sulfide) groups is 1. The first-order valence-corrected chi connectivity index (χ1v) is 5.30. The van der Waals surface area contributed by atoms with Gasteiger partial charge in [-0.05, 0) is 26.0 Å². The molecule has 0 aliphatic rings. The van der Waals surface area contributed by atoms with Gasteiger partial charge in [0, 0.05) is 11.8 Å². The summed E-state index contributed by atoms with van der Waals surface area (Å²) in [5, 5.41) is 0. The van der Waals surface area contributed by atoms with Crippen molar-refractivity contribution in [1.29, 1.82) is 0 Å². The SMILES string of the molecule is CCCSCC(N)C=C(C)C. The number of rotatable bonds is 5. The summed E-state index contributed by atoms with van der Waals surface area (Å²) in [4.78, 5) is 0. The van der Waals surface area contributed by atoms with Crippen molar-refractivity contribution < 1.29 is 0 Å². The van der Waals surface area contributed by atoms with Crippen molar-refractivity contribution >= 4 is 11.8 Å². The predicted molar refractivity (Wildman–Crippen MR) is 55.0 cm³/mol. The molecule has 1 nitrogen and oxygen atoms in total. The van der Waals surface area contributed by atoms with Crippen LogP contribution in [0.15, 0.2) is 11.6 Å². The Hall–Kier alpha value is 0.0500. The zero-order valence-corrected chi connectivity index (χ0v) is 8.58. The van der Waals surface area contributed by atoms with Crippen LogP contribution < -0.4 is 5.73 Å². The predicted octanol–water partition coefficient (Wildman–Crippen LogP) is 2.42. The first-order chi connectivity index (χ1) is 5.16. The Balaban J connectivity index is 3.37. The van der Waals surface area contributed by atoms with Crippen LogP contribution in [0.3, 0.4) is 0 Å². The van der Waals surface area contributed by atoms with Crippen LogP contribution in [0.1, 0.15) is 27.2 Å². The van der Waals surface area contributed by atoms with Crippen molar-refractivity contribution in [3.63, 3.8) is 0 Å². The van der Waals surface area contributed by atoms with Crippen molar-refractivity contribution in [2.45, 2.75) is 33.2 Å². The zero-order valence-electron chi connectivity index (χ0n) is 7.76. The Morgan fingerprint density at radius 2 is 2.18 bits per heavy atom. The summed E-state index contributed by atoms with van der Waals surface area (Å²) in [5.74, 6) is 2.28. The molecule has 66 valence electrons. The number of nitrogens with two attached hydrogens (primary N) is 1. The van der Waals surface area contributed by atoms with Gasteiger partial charge in [0.1, 0.15) is 0 Å². The van der Waals surface area contributed by atoms with Crippen LogP contribution in [0.5, 0.6) is 0 Å². The summed E-state index contributed by atoms with van der Waals surface area (Å²) in [5.41, 5.74) is 7.13. The molecule has 0 aliphatic carbocycles. The maximum Gasteiger partial charge on any atom is 0.0318 e. The Bertz CT molecular complexity index is 117. The standard InChI is InChI=1S/C9H19NS/c1-4-5-11-7-9(10)6-8(2)3/h6,9H,4-5,7,10H2,1-3H3. The number of allylic oxidation sites excluding steroid dienone is 1. The number of hydrogen-bond acceptors (Lipinski definition) is 2. The normalized spacial score (nSPS) is 12.7. The monoisotopic (exact) mass is 173 g/mol. The molecule has 0 amide bonds. The van der Waals surface area contributed by atoms with Gasteiger partial charge in [0.25, 0.3) is 0 Å². The molecule has 1 unspecified atom stereocenters. The van der Waals surface area contributed by atoms with Gasteiger partial charge in [-0.25, -0.2) is 0 Å². The molecule has 0 spiro atoms. The van der Waals surface area contributed by atoms with Crippen molar-refractivity contribution in [2.75, 3.05) is 11.5 Å². The molecule has 0 saturated carbocycles. The van der Waals surface area contributed by atoms with Gasteiger partial charge in [-0.2, -0.15) is 11.8 Å². The van der Waals surface area contributed by atoms with E-state index < -0.39 is 0 Å². The quantitative estimate of drug-likeness (QED) is 0.510. The van der Waals surface area contributed by atoms with Gasteiger partial charge in [-0.3, -0.25) is 0 Å². The highest BCUT2D eigenvalue weighted by atomic mass is 32.2. The first kappa shape index (κ1) is 11.1. The highest BCUT2D eigenvalue weighted by Gasteiger charge is 1.96. The lowest BCUT2D eigenvalue weighted by Crippen LogP contribution is -2.20. The summed E-state index contributed by atoms with van der Waals surface area (Å²) < 4.78 is 0. The van der Waals surface area contributed by atoms with Crippen LogP contribution in [0, 0.1) is 0 Å². The van der Waals surface area contributed by atoms with Gasteiger partial charge in [0.2, 0.25) is 0 Å². The lowest BCUT2D eigenvalue weighted by Gasteiger charge is -2.05. The lowest BCUT2D eigenvalue weighted by atomic mass is 10.2. The molecule has 1 atom stereocenters. The fourth-order valence-electron chi connectivity index (χ4n) is 0.840. The minimum Gasteiger partial charge on any atom is -0.324 e. The van der Waals surface area contributed by atoms with E-state index in [0.29, 0.717) is 0 Å². The highest BCUT2D eigenvalue weighted by Crippen LogP contribution is 2.05. The van der Waals surface area contributed by atoms with E-state index in [0.717, 1.165) is 5.75 Å². The fourth-order valence-corrected chi connectivity index (χ4v) is 1.66. The summed E-state index contributed by atoms with van der Waals surface area (Å²) in [6.07, 6.45) is 3.37. The molecule has 0 heterocycles. The van der Waals surface area contributed by atoms with Crippen molar-refractivity contribution in [2.24, 2.45) is 5.73 Å². The van der Waals surface area contributed by atoms with E-state index in [1.165, 1.54) is 17.7 Å². The van der Waals surface area contributed by atoms with Crippen molar-refractivity contribution in [3.8, 4) is 0 Å². The van der Waals surface area contributed by atoms with E-state index >= 15 is 0 Å². The lowest BCUT2D eigenvalue weighted by molar-refractivity contribution is 0.925. The van der Waals surface area contributed by atoms with Crippen LogP contribution in [0.4, 0.5) is 0 Å². The van der Waals surface area contributed by atoms with E-state index in [1.54, 1.807) is 0 Å². The number of hydrogen-bond donors (Lipinski definition) is 1. The molecule has 0 aromatic rings. The molecule has 11 heavy (non-hydrogen) atoms. The van der Waals surface area contributed by atoms with Gasteiger partial charge < -0.3 is 5.73 Å². The first-order valence-electron chi connectivity index (χ1n) is 4.15. The smallest absolute Gasteiger partial charge is 0.0318 e. The Kier molecular flexibility index (Phi) is 6.77. The summed E-state index contributed by atoms with van der Waals surface area (Å²) in [6.45, 7) is 6.37. The van der Waals surface area contributed by atoms with Crippen molar-refractivity contribution in [1.82, 2.24) is 0 Å². The molecular weight excluding hydrogens is 154 g/mol. The van der Waals surface area contributed by atoms with E-state index in [9.17, 15) is 0 Å². The Morgan fingerprint density at radius 3 is 2.64 bits per heavy atom. The molecular formula is C9H19NS. The molecule has 0 rings (SSSR count). The Morgan fingerprint density at radius 1 is 1.55 bits per heavy atom. The molecule has 2 heteroatoms. The maximum atomic E-state index is 5.82. The van der Waals surface area contributed by atoms with Crippen LogP contribution in [0.2, 0.25) is 0 Å². The molecule has 0 saturated heterocycles. The fraction of sp³-hybridized carbons (Fsp3) is 0.778. The largest absolute Gasteiger partial charge is 0.324 e. The van der Waals surface area contributed by atoms with E-state index in [2.05, 4.69) is 26.8 Å². The zero-order chi connectivity index (χ0) is 8.69. The average molecular weight is 173 g/mol. The Labute approximate surface area is 74.4 Å². The van der Waals surface area contributed by atoms with Crippen LogP contribution in [-0.4, -0.2) is 17.5 Å². The average Bonchev–Trinajstić information content (AvgIpc) is 1.86. The van der Waals surface area contributed by atoms with Gasteiger partial charge >= 0.3 is 0 Å². The van der Waals surface area contributed by atoms with Crippen LogP contribution >= 0.6 is 11.8 Å². The van der Waals surface area contributed by atoms with Gasteiger partial charge in [0.05, 0.1) is 0 Å². The molecule has 0 aromatic heterocycles. The third-order valence-electron chi connectivity index (χ3n) is 1.21. The second kappa shape index (κ2) is 6.74. The van der Waals surface area contributed by atoms with Gasteiger partial charge in [-0.1, -0.05) is 18.6 Å². The van der Waals surface area contributed by atoms with Crippen LogP contribution in [0.25, 0.3) is 0 Å². The van der Waals surface area contributed by atoms with E-state index in [4.69, 9.17) is 5.73 Å². The minimum absolute atomic E-state index is 0.247. The maximum absolute atomic E-state index is 5.82.